The van der Waals surface area contributed by atoms with Gasteiger partial charge in [0.05, 0.1) is 0 Å². The first-order valence-corrected chi connectivity index (χ1v) is 7.21. The molecule has 0 fully saturated rings. The fourth-order valence-electron chi connectivity index (χ4n) is 2.08. The molecule has 0 heterocycles. The minimum Gasteiger partial charge on any atom is -0.374 e. The molecule has 1 heteroatoms. The maximum Gasteiger partial charge on any atom is 0.148 e. The molecule has 0 amide bonds. The van der Waals surface area contributed by atoms with Crippen molar-refractivity contribution in [1.29, 1.82) is 0 Å². The smallest absolute Gasteiger partial charge is 0.148 e. The van der Waals surface area contributed by atoms with E-state index in [1.165, 1.54) is 5.56 Å². The van der Waals surface area contributed by atoms with Gasteiger partial charge in [-0.3, -0.25) is 0 Å². The fourth-order valence-corrected chi connectivity index (χ4v) is 2.08. The summed E-state index contributed by atoms with van der Waals surface area (Å²) in [4.78, 5) is 0. The zero-order valence-electron chi connectivity index (χ0n) is 13.1. The highest BCUT2D eigenvalue weighted by Gasteiger charge is 2.19. The van der Waals surface area contributed by atoms with Crippen molar-refractivity contribution in [2.24, 2.45) is 0 Å². The number of hydrogen-bond donors (Lipinski definition) is 1. The van der Waals surface area contributed by atoms with Gasteiger partial charge in [0.1, 0.15) is 5.60 Å². The molecule has 0 spiro atoms. The van der Waals surface area contributed by atoms with Crippen LogP contribution in [0.15, 0.2) is 54.6 Å². The van der Waals surface area contributed by atoms with Crippen molar-refractivity contribution >= 4 is 0 Å². The molecular formula is C20H22O. The third kappa shape index (κ3) is 3.97. The van der Waals surface area contributed by atoms with Gasteiger partial charge in [-0.05, 0) is 35.6 Å². The van der Waals surface area contributed by atoms with E-state index in [2.05, 4.69) is 44.7 Å². The van der Waals surface area contributed by atoms with Crippen molar-refractivity contribution in [3.8, 4) is 11.8 Å². The average molecular weight is 278 g/mol. The first-order valence-electron chi connectivity index (χ1n) is 7.21. The maximum absolute atomic E-state index is 10.5. The summed E-state index contributed by atoms with van der Waals surface area (Å²) >= 11 is 0. The summed E-state index contributed by atoms with van der Waals surface area (Å²) in [5, 5.41) is 10.5. The second-order valence-electron chi connectivity index (χ2n) is 6.52. The van der Waals surface area contributed by atoms with Crippen LogP contribution in [0.25, 0.3) is 0 Å². The van der Waals surface area contributed by atoms with Gasteiger partial charge >= 0.3 is 0 Å². The van der Waals surface area contributed by atoms with Gasteiger partial charge in [0.2, 0.25) is 0 Å². The van der Waals surface area contributed by atoms with Crippen LogP contribution < -0.4 is 0 Å². The van der Waals surface area contributed by atoms with E-state index in [1.807, 2.05) is 42.5 Å². The minimum absolute atomic E-state index is 0.140. The van der Waals surface area contributed by atoms with E-state index in [0.29, 0.717) is 0 Å². The van der Waals surface area contributed by atoms with E-state index >= 15 is 0 Å². The van der Waals surface area contributed by atoms with Crippen molar-refractivity contribution in [2.45, 2.75) is 38.7 Å². The molecule has 1 atom stereocenters. The highest BCUT2D eigenvalue weighted by atomic mass is 16.3. The van der Waals surface area contributed by atoms with Gasteiger partial charge in [0.15, 0.2) is 0 Å². The summed E-state index contributed by atoms with van der Waals surface area (Å²) in [6, 6.07) is 17.7. The molecule has 108 valence electrons. The quantitative estimate of drug-likeness (QED) is 0.773. The number of aliphatic hydroxyl groups is 1. The zero-order chi connectivity index (χ0) is 15.5. The van der Waals surface area contributed by atoms with Crippen LogP contribution in [0.3, 0.4) is 0 Å². The van der Waals surface area contributed by atoms with E-state index in [4.69, 9.17) is 0 Å². The molecule has 0 saturated heterocycles. The van der Waals surface area contributed by atoms with Gasteiger partial charge in [-0.15, -0.1) is 0 Å². The Labute approximate surface area is 127 Å². The van der Waals surface area contributed by atoms with Crippen LogP contribution in [0.4, 0.5) is 0 Å². The van der Waals surface area contributed by atoms with Gasteiger partial charge in [-0.25, -0.2) is 0 Å². The second-order valence-corrected chi connectivity index (χ2v) is 6.52. The molecule has 0 aliphatic heterocycles. The number of benzene rings is 2. The Morgan fingerprint density at radius 2 is 1.33 bits per heavy atom. The Kier molecular flexibility index (Phi) is 4.21. The van der Waals surface area contributed by atoms with Crippen LogP contribution in [0.1, 0.15) is 44.4 Å². The zero-order valence-corrected chi connectivity index (χ0v) is 13.1. The molecule has 0 radical (unpaired) electrons. The summed E-state index contributed by atoms with van der Waals surface area (Å²) in [6.45, 7) is 8.29. The molecule has 2 aromatic carbocycles. The van der Waals surface area contributed by atoms with Crippen LogP contribution in [-0.4, -0.2) is 5.11 Å². The van der Waals surface area contributed by atoms with Crippen LogP contribution >= 0.6 is 0 Å². The average Bonchev–Trinajstić information content (AvgIpc) is 2.46. The third-order valence-corrected chi connectivity index (χ3v) is 3.54. The van der Waals surface area contributed by atoms with Crippen molar-refractivity contribution in [1.82, 2.24) is 0 Å². The topological polar surface area (TPSA) is 20.2 Å². The van der Waals surface area contributed by atoms with Gasteiger partial charge in [-0.2, -0.15) is 0 Å². The largest absolute Gasteiger partial charge is 0.374 e. The summed E-state index contributed by atoms with van der Waals surface area (Å²) in [7, 11) is 0. The standard InChI is InChI=1S/C20H22O/c1-19(2,3)17-12-10-16(11-13-17)14-15-20(4,21)18-8-6-5-7-9-18/h5-13,21H,1-4H3. The Morgan fingerprint density at radius 3 is 1.86 bits per heavy atom. The molecule has 2 aromatic rings. The predicted molar refractivity (Wildman–Crippen MR) is 88.0 cm³/mol. The van der Waals surface area contributed by atoms with Gasteiger partial charge in [0, 0.05) is 5.56 Å². The molecule has 2 rings (SSSR count). The molecule has 1 unspecified atom stereocenters. The van der Waals surface area contributed by atoms with Crippen molar-refractivity contribution in [3.63, 3.8) is 0 Å². The van der Waals surface area contributed by atoms with Gasteiger partial charge in [-0.1, -0.05) is 75.1 Å². The molecule has 0 aliphatic rings. The summed E-state index contributed by atoms with van der Waals surface area (Å²) in [6.07, 6.45) is 0. The molecule has 0 aromatic heterocycles. The SMILES string of the molecule is CC(C)(C)c1ccc(C#CC(C)(O)c2ccccc2)cc1. The molecule has 1 N–H and O–H groups in total. The molecular weight excluding hydrogens is 256 g/mol. The normalized spacial score (nSPS) is 14.0. The Balaban J connectivity index is 2.23. The van der Waals surface area contributed by atoms with Crippen molar-refractivity contribution in [3.05, 3.63) is 71.3 Å². The lowest BCUT2D eigenvalue weighted by atomic mass is 9.87. The molecule has 0 saturated carbocycles. The predicted octanol–water partition coefficient (Wildman–Crippen LogP) is 4.24. The van der Waals surface area contributed by atoms with E-state index in [1.54, 1.807) is 6.92 Å². The Bertz CT molecular complexity index is 647. The third-order valence-electron chi connectivity index (χ3n) is 3.54. The summed E-state index contributed by atoms with van der Waals surface area (Å²) in [5.41, 5.74) is 2.01. The Morgan fingerprint density at radius 1 is 0.762 bits per heavy atom. The first kappa shape index (κ1) is 15.4. The van der Waals surface area contributed by atoms with Crippen LogP contribution in [0, 0.1) is 11.8 Å². The molecule has 0 aliphatic carbocycles. The van der Waals surface area contributed by atoms with E-state index in [-0.39, 0.29) is 5.41 Å². The van der Waals surface area contributed by atoms with Crippen LogP contribution in [0.2, 0.25) is 0 Å². The monoisotopic (exact) mass is 278 g/mol. The molecule has 1 nitrogen and oxygen atoms in total. The highest BCUT2D eigenvalue weighted by molar-refractivity contribution is 5.41. The summed E-state index contributed by atoms with van der Waals surface area (Å²) < 4.78 is 0. The lowest BCUT2D eigenvalue weighted by Gasteiger charge is -2.18. The number of rotatable bonds is 1. The maximum atomic E-state index is 10.5. The van der Waals surface area contributed by atoms with Gasteiger partial charge < -0.3 is 5.11 Å². The van der Waals surface area contributed by atoms with Crippen molar-refractivity contribution < 1.29 is 5.11 Å². The van der Waals surface area contributed by atoms with E-state index in [9.17, 15) is 5.11 Å². The van der Waals surface area contributed by atoms with Gasteiger partial charge in [0.25, 0.3) is 0 Å². The minimum atomic E-state index is -1.13. The van der Waals surface area contributed by atoms with E-state index < -0.39 is 5.60 Å². The first-order chi connectivity index (χ1) is 9.79. The highest BCUT2D eigenvalue weighted by Crippen LogP contribution is 2.22. The lowest BCUT2D eigenvalue weighted by molar-refractivity contribution is 0.122. The van der Waals surface area contributed by atoms with E-state index in [0.717, 1.165) is 11.1 Å². The lowest BCUT2D eigenvalue weighted by Crippen LogP contribution is -2.18. The second kappa shape index (κ2) is 5.76. The molecule has 0 bridgehead atoms. The fraction of sp³-hybridized carbons (Fsp3) is 0.300. The number of hydrogen-bond acceptors (Lipinski definition) is 1. The van der Waals surface area contributed by atoms with Crippen LogP contribution in [0.5, 0.6) is 0 Å². The van der Waals surface area contributed by atoms with Crippen LogP contribution in [-0.2, 0) is 11.0 Å². The summed E-state index contributed by atoms with van der Waals surface area (Å²) in [5.74, 6) is 6.02. The Hall–Kier alpha value is -2.04. The molecule has 21 heavy (non-hydrogen) atoms. The van der Waals surface area contributed by atoms with Crippen molar-refractivity contribution in [2.75, 3.05) is 0 Å².